The molecule has 0 aliphatic heterocycles. The summed E-state index contributed by atoms with van der Waals surface area (Å²) in [6.07, 6.45) is 1.76. The maximum absolute atomic E-state index is 4.68. The molecule has 0 aliphatic rings. The van der Waals surface area contributed by atoms with Gasteiger partial charge in [0.1, 0.15) is 5.65 Å². The van der Waals surface area contributed by atoms with Crippen molar-refractivity contribution in [3.05, 3.63) is 42.6 Å². The molecule has 89 valence electrons. The van der Waals surface area contributed by atoms with E-state index in [4.69, 9.17) is 0 Å². The van der Waals surface area contributed by atoms with Crippen LogP contribution in [0.2, 0.25) is 6.82 Å². The number of rotatable bonds is 1. The standard InChI is InChI=1S/C14H10BN4/c1-15-12-14-17-9-5-2-3-6-10(9)19(14)11-7-4-8-16-13(11)18-12/h2-8H,1H3. The molecule has 4 aromatic rings. The summed E-state index contributed by atoms with van der Waals surface area (Å²) in [6.45, 7) is 1.97. The van der Waals surface area contributed by atoms with Crippen LogP contribution in [0.5, 0.6) is 0 Å². The minimum Gasteiger partial charge on any atom is -0.288 e. The number of benzene rings is 1. The first-order chi connectivity index (χ1) is 9.38. The molecule has 0 fully saturated rings. The molecule has 0 atom stereocenters. The van der Waals surface area contributed by atoms with Gasteiger partial charge in [-0.15, -0.1) is 0 Å². The van der Waals surface area contributed by atoms with E-state index in [-0.39, 0.29) is 0 Å². The van der Waals surface area contributed by atoms with Gasteiger partial charge in [-0.1, -0.05) is 19.0 Å². The Balaban J connectivity index is 2.36. The Labute approximate surface area is 110 Å². The van der Waals surface area contributed by atoms with Crippen molar-refractivity contribution < 1.29 is 0 Å². The van der Waals surface area contributed by atoms with Gasteiger partial charge in [0.25, 0.3) is 0 Å². The summed E-state index contributed by atoms with van der Waals surface area (Å²) in [5.41, 5.74) is 5.53. The normalized spacial score (nSPS) is 11.4. The molecule has 0 saturated carbocycles. The van der Waals surface area contributed by atoms with Gasteiger partial charge in [-0.3, -0.25) is 4.40 Å². The van der Waals surface area contributed by atoms with Gasteiger partial charge < -0.3 is 0 Å². The Morgan fingerprint density at radius 1 is 1.00 bits per heavy atom. The Morgan fingerprint density at radius 3 is 2.74 bits per heavy atom. The van der Waals surface area contributed by atoms with Crippen molar-refractivity contribution in [1.82, 2.24) is 19.4 Å². The van der Waals surface area contributed by atoms with Crippen molar-refractivity contribution in [1.29, 1.82) is 0 Å². The summed E-state index contributed by atoms with van der Waals surface area (Å²) in [4.78, 5) is 13.6. The molecular weight excluding hydrogens is 235 g/mol. The first-order valence-corrected chi connectivity index (χ1v) is 6.20. The highest BCUT2D eigenvalue weighted by molar-refractivity contribution is 6.53. The fourth-order valence-electron chi connectivity index (χ4n) is 2.45. The van der Waals surface area contributed by atoms with Crippen LogP contribution in [0.15, 0.2) is 42.6 Å². The van der Waals surface area contributed by atoms with Crippen molar-refractivity contribution in [2.75, 3.05) is 0 Å². The molecule has 0 saturated heterocycles. The van der Waals surface area contributed by atoms with Crippen LogP contribution in [0, 0.1) is 0 Å². The lowest BCUT2D eigenvalue weighted by molar-refractivity contribution is 1.22. The highest BCUT2D eigenvalue weighted by atomic mass is 15.1. The molecule has 4 nitrogen and oxygen atoms in total. The molecule has 3 heterocycles. The van der Waals surface area contributed by atoms with E-state index >= 15 is 0 Å². The summed E-state index contributed by atoms with van der Waals surface area (Å²) >= 11 is 0. The zero-order valence-electron chi connectivity index (χ0n) is 10.4. The van der Waals surface area contributed by atoms with E-state index in [9.17, 15) is 0 Å². The Bertz CT molecular complexity index is 913. The molecule has 19 heavy (non-hydrogen) atoms. The van der Waals surface area contributed by atoms with Crippen LogP contribution < -0.4 is 5.59 Å². The minimum atomic E-state index is 0.742. The molecule has 4 rings (SSSR count). The first kappa shape index (κ1) is 10.5. The molecule has 0 spiro atoms. The van der Waals surface area contributed by atoms with Crippen LogP contribution in [-0.2, 0) is 0 Å². The largest absolute Gasteiger partial charge is 0.288 e. The fourth-order valence-corrected chi connectivity index (χ4v) is 2.45. The van der Waals surface area contributed by atoms with Crippen molar-refractivity contribution in [3.63, 3.8) is 0 Å². The summed E-state index contributed by atoms with van der Waals surface area (Å²) in [5, 5.41) is 0. The number of hydrogen-bond acceptors (Lipinski definition) is 3. The van der Waals surface area contributed by atoms with Crippen molar-refractivity contribution in [2.24, 2.45) is 0 Å². The van der Waals surface area contributed by atoms with E-state index in [1.165, 1.54) is 0 Å². The molecule has 3 aromatic heterocycles. The summed E-state index contributed by atoms with van der Waals surface area (Å²) in [7, 11) is 1.97. The van der Waals surface area contributed by atoms with Crippen molar-refractivity contribution >= 4 is 40.7 Å². The monoisotopic (exact) mass is 245 g/mol. The van der Waals surface area contributed by atoms with E-state index in [0.29, 0.717) is 0 Å². The molecule has 1 aromatic carbocycles. The van der Waals surface area contributed by atoms with Crippen LogP contribution in [0.4, 0.5) is 0 Å². The topological polar surface area (TPSA) is 43.1 Å². The van der Waals surface area contributed by atoms with Crippen LogP contribution in [0.3, 0.4) is 0 Å². The SMILES string of the molecule is C[B]c1nc2ncccc2n2c1nc1ccccc12. The molecule has 0 unspecified atom stereocenters. The van der Waals surface area contributed by atoms with Crippen LogP contribution in [-0.4, -0.2) is 26.6 Å². The minimum absolute atomic E-state index is 0.742. The summed E-state index contributed by atoms with van der Waals surface area (Å²) in [6, 6.07) is 12.1. The Morgan fingerprint density at radius 2 is 1.84 bits per heavy atom. The average Bonchev–Trinajstić information content (AvgIpc) is 2.86. The number of hydrogen-bond donors (Lipinski definition) is 0. The molecule has 0 aliphatic carbocycles. The smallest absolute Gasteiger partial charge is 0.179 e. The molecular formula is C14H10BN4. The molecule has 0 amide bonds. The van der Waals surface area contributed by atoms with E-state index in [1.807, 2.05) is 44.4 Å². The zero-order valence-corrected chi connectivity index (χ0v) is 10.4. The predicted molar refractivity (Wildman–Crippen MR) is 77.0 cm³/mol. The van der Waals surface area contributed by atoms with Gasteiger partial charge in [0.2, 0.25) is 0 Å². The third kappa shape index (κ3) is 1.38. The first-order valence-electron chi connectivity index (χ1n) is 6.20. The second-order valence-corrected chi connectivity index (χ2v) is 4.39. The molecule has 0 bridgehead atoms. The lowest BCUT2D eigenvalue weighted by Gasteiger charge is -2.05. The van der Waals surface area contributed by atoms with Gasteiger partial charge in [0.15, 0.2) is 12.9 Å². The van der Waals surface area contributed by atoms with E-state index in [0.717, 1.165) is 33.4 Å². The van der Waals surface area contributed by atoms with Gasteiger partial charge in [-0.25, -0.2) is 15.0 Å². The molecule has 1 radical (unpaired) electrons. The Kier molecular flexibility index (Phi) is 2.09. The average molecular weight is 245 g/mol. The van der Waals surface area contributed by atoms with E-state index in [2.05, 4.69) is 25.4 Å². The van der Waals surface area contributed by atoms with E-state index in [1.54, 1.807) is 6.20 Å². The number of fused-ring (bicyclic) bond motifs is 5. The third-order valence-electron chi connectivity index (χ3n) is 3.30. The fraction of sp³-hybridized carbons (Fsp3) is 0.0714. The maximum atomic E-state index is 4.68. The predicted octanol–water partition coefficient (Wildman–Crippen LogP) is 1.81. The van der Waals surface area contributed by atoms with Gasteiger partial charge in [-0.2, -0.15) is 0 Å². The van der Waals surface area contributed by atoms with Gasteiger partial charge in [-0.05, 0) is 24.3 Å². The van der Waals surface area contributed by atoms with Crippen LogP contribution in [0.1, 0.15) is 0 Å². The summed E-state index contributed by atoms with van der Waals surface area (Å²) < 4.78 is 2.12. The Hall–Kier alpha value is -2.43. The zero-order chi connectivity index (χ0) is 12.8. The maximum Gasteiger partial charge on any atom is 0.179 e. The van der Waals surface area contributed by atoms with Gasteiger partial charge >= 0.3 is 0 Å². The van der Waals surface area contributed by atoms with Crippen LogP contribution >= 0.6 is 0 Å². The number of nitrogens with zero attached hydrogens (tertiary/aromatic N) is 4. The number of para-hydroxylation sites is 2. The van der Waals surface area contributed by atoms with Gasteiger partial charge in [0, 0.05) is 11.8 Å². The highest BCUT2D eigenvalue weighted by Gasteiger charge is 2.12. The van der Waals surface area contributed by atoms with E-state index < -0.39 is 0 Å². The molecule has 5 heteroatoms. The quantitative estimate of drug-likeness (QED) is 0.480. The lowest BCUT2D eigenvalue weighted by Crippen LogP contribution is -2.20. The molecule has 0 N–H and O–H groups in total. The second-order valence-electron chi connectivity index (χ2n) is 4.39. The highest BCUT2D eigenvalue weighted by Crippen LogP contribution is 2.19. The number of aromatic nitrogens is 4. The van der Waals surface area contributed by atoms with Crippen LogP contribution in [0.25, 0.3) is 27.8 Å². The third-order valence-corrected chi connectivity index (χ3v) is 3.30. The number of imidazole rings is 1. The lowest BCUT2D eigenvalue weighted by atomic mass is 9.78. The van der Waals surface area contributed by atoms with Gasteiger partial charge in [0.05, 0.1) is 16.6 Å². The summed E-state index contributed by atoms with van der Waals surface area (Å²) in [5.74, 6) is 0. The second kappa shape index (κ2) is 3.78. The van der Waals surface area contributed by atoms with Crippen molar-refractivity contribution in [2.45, 2.75) is 6.82 Å². The van der Waals surface area contributed by atoms with Crippen molar-refractivity contribution in [3.8, 4) is 0 Å². The number of pyridine rings is 1.